The number of anilines is 1. The third kappa shape index (κ3) is 4.34. The van der Waals surface area contributed by atoms with Gasteiger partial charge in [-0.15, -0.1) is 0 Å². The van der Waals surface area contributed by atoms with Crippen molar-refractivity contribution >= 4 is 17.4 Å². The molecule has 0 aliphatic heterocycles. The lowest BCUT2D eigenvalue weighted by Crippen LogP contribution is -2.36. The van der Waals surface area contributed by atoms with E-state index < -0.39 is 17.3 Å². The summed E-state index contributed by atoms with van der Waals surface area (Å²) in [6.07, 6.45) is -4.48. The number of rotatable bonds is 3. The summed E-state index contributed by atoms with van der Waals surface area (Å²) in [5.41, 5.74) is -1.91. The molecule has 0 saturated heterocycles. The fraction of sp³-hybridized carbons (Fsp3) is 0.545. The minimum atomic E-state index is -4.48. The molecule has 18 heavy (non-hydrogen) atoms. The molecular formula is C11H14ClF3N2O. The van der Waals surface area contributed by atoms with Crippen LogP contribution in [0.15, 0.2) is 12.1 Å². The van der Waals surface area contributed by atoms with Crippen LogP contribution in [-0.4, -0.2) is 29.3 Å². The molecule has 1 rings (SSSR count). The maximum absolute atomic E-state index is 12.6. The average Bonchev–Trinajstić information content (AvgIpc) is 2.12. The van der Waals surface area contributed by atoms with Gasteiger partial charge < -0.3 is 10.0 Å². The largest absolute Gasteiger partial charge is 0.416 e. The zero-order valence-electron chi connectivity index (χ0n) is 10.2. The van der Waals surface area contributed by atoms with Gasteiger partial charge in [0, 0.05) is 13.6 Å². The van der Waals surface area contributed by atoms with Crippen LogP contribution in [0.3, 0.4) is 0 Å². The molecule has 0 fully saturated rings. The van der Waals surface area contributed by atoms with Gasteiger partial charge in [-0.2, -0.15) is 13.2 Å². The standard InChI is InChI=1S/C11H14ClF3N2O/c1-10(2,18)6-17(3)9-5-7(11(13,14)15)4-8(12)16-9/h4-5,18H,6H2,1-3H3. The highest BCUT2D eigenvalue weighted by atomic mass is 35.5. The van der Waals surface area contributed by atoms with Crippen molar-refractivity contribution in [1.29, 1.82) is 0 Å². The van der Waals surface area contributed by atoms with Gasteiger partial charge in [0.05, 0.1) is 11.2 Å². The first-order chi connectivity index (χ1) is 7.99. The SMILES string of the molecule is CN(CC(C)(C)O)c1cc(C(F)(F)F)cc(Cl)n1. The van der Waals surface area contributed by atoms with Crippen molar-refractivity contribution in [3.8, 4) is 0 Å². The molecule has 1 heterocycles. The third-order valence-electron chi connectivity index (χ3n) is 2.12. The monoisotopic (exact) mass is 282 g/mol. The summed E-state index contributed by atoms with van der Waals surface area (Å²) >= 11 is 5.57. The Bertz CT molecular complexity index is 429. The van der Waals surface area contributed by atoms with Gasteiger partial charge in [0.1, 0.15) is 11.0 Å². The highest BCUT2D eigenvalue weighted by Gasteiger charge is 2.32. The van der Waals surface area contributed by atoms with E-state index in [0.717, 1.165) is 12.1 Å². The molecule has 0 saturated carbocycles. The molecule has 0 spiro atoms. The topological polar surface area (TPSA) is 36.4 Å². The van der Waals surface area contributed by atoms with Crippen molar-refractivity contribution in [3.63, 3.8) is 0 Å². The lowest BCUT2D eigenvalue weighted by atomic mass is 10.1. The molecule has 0 bridgehead atoms. The first-order valence-corrected chi connectivity index (χ1v) is 5.55. The van der Waals surface area contributed by atoms with Crippen LogP contribution in [-0.2, 0) is 6.18 Å². The number of hydrogen-bond donors (Lipinski definition) is 1. The molecule has 0 aliphatic carbocycles. The molecule has 7 heteroatoms. The van der Waals surface area contributed by atoms with E-state index in [1.54, 1.807) is 13.8 Å². The number of hydrogen-bond acceptors (Lipinski definition) is 3. The molecule has 1 N–H and O–H groups in total. The summed E-state index contributed by atoms with van der Waals surface area (Å²) in [4.78, 5) is 5.23. The van der Waals surface area contributed by atoms with Crippen LogP contribution in [0.4, 0.5) is 19.0 Å². The zero-order valence-corrected chi connectivity index (χ0v) is 11.0. The predicted octanol–water partition coefficient (Wildman–Crippen LogP) is 2.96. The van der Waals surface area contributed by atoms with Crippen molar-refractivity contribution < 1.29 is 18.3 Å². The smallest absolute Gasteiger partial charge is 0.389 e. The van der Waals surface area contributed by atoms with Crippen LogP contribution >= 0.6 is 11.6 Å². The minimum absolute atomic E-state index is 0.0666. The summed E-state index contributed by atoms with van der Waals surface area (Å²) in [7, 11) is 1.54. The Balaban J connectivity index is 3.07. The number of pyridine rings is 1. The maximum Gasteiger partial charge on any atom is 0.416 e. The van der Waals surface area contributed by atoms with Crippen LogP contribution in [0.2, 0.25) is 5.15 Å². The van der Waals surface area contributed by atoms with Crippen LogP contribution in [0.5, 0.6) is 0 Å². The number of aliphatic hydroxyl groups is 1. The first kappa shape index (κ1) is 15.0. The van der Waals surface area contributed by atoms with Gasteiger partial charge in [0.25, 0.3) is 0 Å². The van der Waals surface area contributed by atoms with Gasteiger partial charge in [0.15, 0.2) is 0 Å². The number of halogens is 4. The Kier molecular flexibility index (Phi) is 4.12. The summed E-state index contributed by atoms with van der Waals surface area (Å²) in [5.74, 6) is 0.0666. The van der Waals surface area contributed by atoms with Crippen LogP contribution < -0.4 is 4.90 Å². The highest BCUT2D eigenvalue weighted by molar-refractivity contribution is 6.29. The molecule has 0 aromatic carbocycles. The van der Waals surface area contributed by atoms with Gasteiger partial charge in [-0.05, 0) is 26.0 Å². The molecule has 0 unspecified atom stereocenters. The first-order valence-electron chi connectivity index (χ1n) is 5.17. The molecule has 0 atom stereocenters. The predicted molar refractivity (Wildman–Crippen MR) is 63.8 cm³/mol. The van der Waals surface area contributed by atoms with E-state index in [-0.39, 0.29) is 17.5 Å². The van der Waals surface area contributed by atoms with E-state index in [1.807, 2.05) is 0 Å². The second kappa shape index (κ2) is 4.93. The second-order valence-corrected chi connectivity index (χ2v) is 5.09. The Hall–Kier alpha value is -1.01. The van der Waals surface area contributed by atoms with E-state index in [1.165, 1.54) is 11.9 Å². The maximum atomic E-state index is 12.6. The average molecular weight is 283 g/mol. The summed E-state index contributed by atoms with van der Waals surface area (Å²) < 4.78 is 37.8. The van der Waals surface area contributed by atoms with Gasteiger partial charge in [-0.1, -0.05) is 11.6 Å². The Morgan fingerprint density at radius 2 is 1.89 bits per heavy atom. The van der Waals surface area contributed by atoms with E-state index in [4.69, 9.17) is 11.6 Å². The van der Waals surface area contributed by atoms with E-state index >= 15 is 0 Å². The molecule has 3 nitrogen and oxygen atoms in total. The molecule has 1 aromatic heterocycles. The van der Waals surface area contributed by atoms with Gasteiger partial charge in [-0.3, -0.25) is 0 Å². The molecule has 1 aromatic rings. The number of nitrogens with zero attached hydrogens (tertiary/aromatic N) is 2. The Morgan fingerprint density at radius 3 is 2.33 bits per heavy atom. The van der Waals surface area contributed by atoms with Gasteiger partial charge >= 0.3 is 6.18 Å². The van der Waals surface area contributed by atoms with Crippen molar-refractivity contribution in [1.82, 2.24) is 4.98 Å². The van der Waals surface area contributed by atoms with Gasteiger partial charge in [0.2, 0.25) is 0 Å². The van der Waals surface area contributed by atoms with Crippen molar-refractivity contribution in [3.05, 3.63) is 22.8 Å². The second-order valence-electron chi connectivity index (χ2n) is 4.70. The fourth-order valence-electron chi connectivity index (χ4n) is 1.50. The lowest BCUT2D eigenvalue weighted by molar-refractivity contribution is -0.137. The van der Waals surface area contributed by atoms with E-state index in [9.17, 15) is 18.3 Å². The molecular weight excluding hydrogens is 269 g/mol. The normalized spacial score (nSPS) is 12.7. The summed E-state index contributed by atoms with van der Waals surface area (Å²) in [5, 5.41) is 9.39. The Morgan fingerprint density at radius 1 is 1.33 bits per heavy atom. The fourth-order valence-corrected chi connectivity index (χ4v) is 1.71. The Labute approximate surface area is 108 Å². The lowest BCUT2D eigenvalue weighted by Gasteiger charge is -2.26. The third-order valence-corrected chi connectivity index (χ3v) is 2.32. The quantitative estimate of drug-likeness (QED) is 0.866. The zero-order chi connectivity index (χ0) is 14.1. The molecule has 0 aliphatic rings. The van der Waals surface area contributed by atoms with Crippen LogP contribution in [0, 0.1) is 0 Å². The van der Waals surface area contributed by atoms with Gasteiger partial charge in [-0.25, -0.2) is 4.98 Å². The van der Waals surface area contributed by atoms with Crippen molar-refractivity contribution in [2.24, 2.45) is 0 Å². The van der Waals surface area contributed by atoms with Crippen molar-refractivity contribution in [2.75, 3.05) is 18.5 Å². The van der Waals surface area contributed by atoms with Crippen LogP contribution in [0.25, 0.3) is 0 Å². The molecule has 0 amide bonds. The molecule has 102 valence electrons. The number of aromatic nitrogens is 1. The van der Waals surface area contributed by atoms with E-state index in [0.29, 0.717) is 0 Å². The minimum Gasteiger partial charge on any atom is -0.389 e. The van der Waals surface area contributed by atoms with E-state index in [2.05, 4.69) is 4.98 Å². The van der Waals surface area contributed by atoms with Crippen LogP contribution in [0.1, 0.15) is 19.4 Å². The highest BCUT2D eigenvalue weighted by Crippen LogP contribution is 2.32. The molecule has 0 radical (unpaired) electrons. The summed E-state index contributed by atoms with van der Waals surface area (Å²) in [6, 6.07) is 1.67. The number of likely N-dealkylation sites (N-methyl/N-ethyl adjacent to an activating group) is 1. The number of alkyl halides is 3. The summed E-state index contributed by atoms with van der Waals surface area (Å²) in [6.45, 7) is 3.25. The van der Waals surface area contributed by atoms with Crippen molar-refractivity contribution in [2.45, 2.75) is 25.6 Å².